The van der Waals surface area contributed by atoms with E-state index in [4.69, 9.17) is 10.00 Å². The zero-order valence-electron chi connectivity index (χ0n) is 14.1. The minimum absolute atomic E-state index is 0.0144. The predicted octanol–water partition coefficient (Wildman–Crippen LogP) is 3.40. The van der Waals surface area contributed by atoms with Crippen LogP contribution in [0.3, 0.4) is 0 Å². The van der Waals surface area contributed by atoms with Crippen LogP contribution in [0.1, 0.15) is 22.3 Å². The Bertz CT molecular complexity index is 1010. The molecule has 1 amide bonds. The van der Waals surface area contributed by atoms with Crippen LogP contribution in [0, 0.1) is 11.3 Å². The van der Waals surface area contributed by atoms with Gasteiger partial charge in [0.25, 0.3) is 5.91 Å². The fourth-order valence-electron chi connectivity index (χ4n) is 3.23. The molecule has 26 heavy (non-hydrogen) atoms. The number of aromatic nitrogens is 1. The number of rotatable bonds is 3. The lowest BCUT2D eigenvalue weighted by atomic mass is 10.1. The van der Waals surface area contributed by atoms with Crippen molar-refractivity contribution in [2.24, 2.45) is 0 Å². The lowest BCUT2D eigenvalue weighted by Crippen LogP contribution is -2.31. The minimum Gasteiger partial charge on any atom is -0.472 e. The Balaban J connectivity index is 1.45. The lowest BCUT2D eigenvalue weighted by molar-refractivity contribution is 0.0771. The molecule has 2 heterocycles. The van der Waals surface area contributed by atoms with Crippen molar-refractivity contribution >= 4 is 16.7 Å². The summed E-state index contributed by atoms with van der Waals surface area (Å²) in [6.07, 6.45) is 2.19. The number of hydrogen-bond acceptors (Lipinski definition) is 4. The molecule has 0 saturated carbocycles. The Morgan fingerprint density at radius 3 is 2.85 bits per heavy atom. The second kappa shape index (κ2) is 6.85. The van der Waals surface area contributed by atoms with Gasteiger partial charge in [-0.25, -0.2) is 4.98 Å². The van der Waals surface area contributed by atoms with Gasteiger partial charge in [0.05, 0.1) is 18.2 Å². The molecule has 1 unspecified atom stereocenters. The number of hydrogen-bond donors (Lipinski definition) is 0. The van der Waals surface area contributed by atoms with Crippen molar-refractivity contribution in [3.05, 3.63) is 71.9 Å². The first-order valence-corrected chi connectivity index (χ1v) is 8.54. The van der Waals surface area contributed by atoms with Crippen molar-refractivity contribution in [3.63, 3.8) is 0 Å². The normalized spacial score (nSPS) is 16.4. The lowest BCUT2D eigenvalue weighted by Gasteiger charge is -2.17. The summed E-state index contributed by atoms with van der Waals surface area (Å²) in [4.78, 5) is 18.7. The summed E-state index contributed by atoms with van der Waals surface area (Å²) in [6.45, 7) is 1.17. The summed E-state index contributed by atoms with van der Waals surface area (Å²) in [7, 11) is 0. The molecule has 1 aromatic heterocycles. The summed E-state index contributed by atoms with van der Waals surface area (Å²) in [5.74, 6) is 0.439. The van der Waals surface area contributed by atoms with E-state index in [9.17, 15) is 4.79 Å². The van der Waals surface area contributed by atoms with E-state index < -0.39 is 0 Å². The number of benzene rings is 2. The average molecular weight is 343 g/mol. The molecule has 1 saturated heterocycles. The van der Waals surface area contributed by atoms with E-state index in [0.717, 1.165) is 17.2 Å². The fourth-order valence-corrected chi connectivity index (χ4v) is 3.23. The molecule has 0 N–H and O–H groups in total. The highest BCUT2D eigenvalue weighted by atomic mass is 16.5. The number of carbonyl (C=O) groups excluding carboxylic acids is 1. The summed E-state index contributed by atoms with van der Waals surface area (Å²) < 4.78 is 5.85. The summed E-state index contributed by atoms with van der Waals surface area (Å²) in [6, 6.07) is 19.1. The number of nitriles is 1. The molecule has 5 nitrogen and oxygen atoms in total. The third-order valence-electron chi connectivity index (χ3n) is 4.58. The van der Waals surface area contributed by atoms with Crippen LogP contribution in [0.4, 0.5) is 0 Å². The summed E-state index contributed by atoms with van der Waals surface area (Å²) >= 11 is 0. The molecule has 2 aromatic carbocycles. The van der Waals surface area contributed by atoms with Crippen molar-refractivity contribution in [1.82, 2.24) is 9.88 Å². The number of fused-ring (bicyclic) bond motifs is 1. The van der Waals surface area contributed by atoms with Gasteiger partial charge in [-0.3, -0.25) is 4.79 Å². The molecule has 0 radical (unpaired) electrons. The van der Waals surface area contributed by atoms with E-state index in [-0.39, 0.29) is 12.0 Å². The molecule has 1 aliphatic rings. The molecule has 1 fully saturated rings. The van der Waals surface area contributed by atoms with E-state index in [0.29, 0.717) is 30.1 Å². The second-order valence-electron chi connectivity index (χ2n) is 6.34. The van der Waals surface area contributed by atoms with Gasteiger partial charge in [0.2, 0.25) is 5.88 Å². The summed E-state index contributed by atoms with van der Waals surface area (Å²) in [5, 5.41) is 11.1. The number of likely N-dealkylation sites (tertiary alicyclic amines) is 1. The van der Waals surface area contributed by atoms with Crippen LogP contribution in [0.2, 0.25) is 0 Å². The average Bonchev–Trinajstić information content (AvgIpc) is 3.15. The predicted molar refractivity (Wildman–Crippen MR) is 97.8 cm³/mol. The molecule has 4 rings (SSSR count). The molecular weight excluding hydrogens is 326 g/mol. The molecule has 1 aliphatic heterocycles. The topological polar surface area (TPSA) is 66.2 Å². The standard InChI is InChI=1S/C21H17N3O2/c22-13-15-7-9-23-20(11-15)26-19-8-10-24(14-19)21(25)18-6-5-16-3-1-2-4-17(16)12-18/h1-7,9,11-12,19H,8,10,14H2. The van der Waals surface area contributed by atoms with Gasteiger partial charge in [-0.15, -0.1) is 0 Å². The van der Waals surface area contributed by atoms with E-state index >= 15 is 0 Å². The van der Waals surface area contributed by atoms with Crippen LogP contribution in [0.5, 0.6) is 5.88 Å². The first-order chi connectivity index (χ1) is 12.7. The van der Waals surface area contributed by atoms with Crippen molar-refractivity contribution < 1.29 is 9.53 Å². The largest absolute Gasteiger partial charge is 0.472 e. The summed E-state index contributed by atoms with van der Waals surface area (Å²) in [5.41, 5.74) is 1.20. The maximum absolute atomic E-state index is 12.8. The molecule has 0 bridgehead atoms. The maximum atomic E-state index is 12.8. The van der Waals surface area contributed by atoms with Crippen molar-refractivity contribution in [3.8, 4) is 11.9 Å². The second-order valence-corrected chi connectivity index (χ2v) is 6.34. The fraction of sp³-hybridized carbons (Fsp3) is 0.190. The Kier molecular flexibility index (Phi) is 4.24. The molecular formula is C21H17N3O2. The SMILES string of the molecule is N#Cc1ccnc(OC2CCN(C(=O)c3ccc4ccccc4c3)C2)c1. The van der Waals surface area contributed by atoms with Crippen molar-refractivity contribution in [1.29, 1.82) is 5.26 Å². The highest BCUT2D eigenvalue weighted by molar-refractivity contribution is 5.98. The van der Waals surface area contributed by atoms with Gasteiger partial charge in [0.15, 0.2) is 0 Å². The molecule has 1 atom stereocenters. The van der Waals surface area contributed by atoms with Gasteiger partial charge in [-0.1, -0.05) is 30.3 Å². The monoisotopic (exact) mass is 343 g/mol. The first-order valence-electron chi connectivity index (χ1n) is 8.54. The van der Waals surface area contributed by atoms with E-state index in [1.54, 1.807) is 18.3 Å². The first kappa shape index (κ1) is 16.1. The third-order valence-corrected chi connectivity index (χ3v) is 4.58. The Morgan fingerprint density at radius 2 is 2.00 bits per heavy atom. The Morgan fingerprint density at radius 1 is 1.15 bits per heavy atom. The van der Waals surface area contributed by atoms with Crippen LogP contribution in [0.15, 0.2) is 60.8 Å². The van der Waals surface area contributed by atoms with Crippen molar-refractivity contribution in [2.75, 3.05) is 13.1 Å². The molecule has 3 aromatic rings. The van der Waals surface area contributed by atoms with E-state index in [1.165, 1.54) is 0 Å². The van der Waals surface area contributed by atoms with Gasteiger partial charge in [0.1, 0.15) is 6.10 Å². The van der Waals surface area contributed by atoms with E-state index in [2.05, 4.69) is 11.1 Å². The minimum atomic E-state index is -0.110. The number of ether oxygens (including phenoxy) is 1. The zero-order chi connectivity index (χ0) is 17.9. The highest BCUT2D eigenvalue weighted by Gasteiger charge is 2.28. The van der Waals surface area contributed by atoms with Gasteiger partial charge in [-0.2, -0.15) is 5.26 Å². The van der Waals surface area contributed by atoms with Gasteiger partial charge >= 0.3 is 0 Å². The Hall–Kier alpha value is -3.39. The number of pyridine rings is 1. The number of carbonyl (C=O) groups is 1. The zero-order valence-corrected chi connectivity index (χ0v) is 14.1. The van der Waals surface area contributed by atoms with Crippen LogP contribution < -0.4 is 4.74 Å². The van der Waals surface area contributed by atoms with Crippen LogP contribution in [-0.2, 0) is 0 Å². The smallest absolute Gasteiger partial charge is 0.254 e. The Labute approximate surface area is 151 Å². The van der Waals surface area contributed by atoms with Crippen LogP contribution >= 0.6 is 0 Å². The number of amides is 1. The van der Waals surface area contributed by atoms with E-state index in [1.807, 2.05) is 47.4 Å². The maximum Gasteiger partial charge on any atom is 0.254 e. The molecule has 5 heteroatoms. The molecule has 0 aliphatic carbocycles. The van der Waals surface area contributed by atoms with Gasteiger partial charge < -0.3 is 9.64 Å². The highest BCUT2D eigenvalue weighted by Crippen LogP contribution is 2.21. The quantitative estimate of drug-likeness (QED) is 0.731. The van der Waals surface area contributed by atoms with Crippen LogP contribution in [0.25, 0.3) is 10.8 Å². The van der Waals surface area contributed by atoms with Gasteiger partial charge in [-0.05, 0) is 29.0 Å². The third kappa shape index (κ3) is 3.22. The number of nitrogens with zero attached hydrogens (tertiary/aromatic N) is 3. The van der Waals surface area contributed by atoms with Gasteiger partial charge in [0, 0.05) is 30.8 Å². The van der Waals surface area contributed by atoms with Crippen molar-refractivity contribution in [2.45, 2.75) is 12.5 Å². The molecule has 0 spiro atoms. The molecule has 128 valence electrons. The van der Waals surface area contributed by atoms with Crippen LogP contribution in [-0.4, -0.2) is 35.0 Å².